The smallest absolute Gasteiger partial charge is 0.325 e. The van der Waals surface area contributed by atoms with Gasteiger partial charge in [0.15, 0.2) is 0 Å². The van der Waals surface area contributed by atoms with Crippen LogP contribution >= 0.6 is 0 Å². The van der Waals surface area contributed by atoms with Crippen molar-refractivity contribution < 1.29 is 14.4 Å². The number of benzene rings is 2. The van der Waals surface area contributed by atoms with E-state index in [2.05, 4.69) is 22.3 Å². The highest BCUT2D eigenvalue weighted by Gasteiger charge is 2.38. The molecule has 0 aromatic heterocycles. The number of hydrogen-bond acceptors (Lipinski definition) is 4. The Morgan fingerprint density at radius 3 is 2.03 bits per heavy atom. The highest BCUT2D eigenvalue weighted by molar-refractivity contribution is 6.04. The van der Waals surface area contributed by atoms with Crippen LogP contribution in [0.3, 0.4) is 0 Å². The van der Waals surface area contributed by atoms with Crippen LogP contribution in [0.25, 0.3) is 0 Å². The Balaban J connectivity index is 1.22. The molecule has 162 valence electrons. The fraction of sp³-hybridized carbons (Fsp3) is 0.375. The number of rotatable bonds is 7. The van der Waals surface area contributed by atoms with Crippen LogP contribution in [-0.4, -0.2) is 64.8 Å². The minimum absolute atomic E-state index is 0.0444. The third-order valence-electron chi connectivity index (χ3n) is 5.91. The van der Waals surface area contributed by atoms with Gasteiger partial charge in [-0.3, -0.25) is 19.4 Å². The molecule has 0 saturated carbocycles. The van der Waals surface area contributed by atoms with E-state index in [4.69, 9.17) is 0 Å². The molecule has 0 aliphatic carbocycles. The van der Waals surface area contributed by atoms with Crippen LogP contribution in [0.4, 0.5) is 4.79 Å². The average Bonchev–Trinajstić information content (AvgIpc) is 3.07. The molecule has 2 aromatic carbocycles. The predicted octanol–water partition coefficient (Wildman–Crippen LogP) is 2.23. The van der Waals surface area contributed by atoms with Gasteiger partial charge in [-0.15, -0.1) is 0 Å². The van der Waals surface area contributed by atoms with E-state index in [1.54, 1.807) is 0 Å². The lowest BCUT2D eigenvalue weighted by molar-refractivity contribution is -0.133. The normalized spacial score (nSPS) is 19.5. The van der Waals surface area contributed by atoms with Crippen molar-refractivity contribution in [2.24, 2.45) is 0 Å². The number of nitrogens with zero attached hydrogens (tertiary/aromatic N) is 3. The van der Waals surface area contributed by atoms with Crippen molar-refractivity contribution in [3.8, 4) is 0 Å². The summed E-state index contributed by atoms with van der Waals surface area (Å²) >= 11 is 0. The Labute approximate surface area is 182 Å². The molecule has 2 fully saturated rings. The Kier molecular flexibility index (Phi) is 6.62. The van der Waals surface area contributed by atoms with E-state index in [-0.39, 0.29) is 30.8 Å². The summed E-state index contributed by atoms with van der Waals surface area (Å²) in [6.45, 7) is 4.20. The Morgan fingerprint density at radius 2 is 1.42 bits per heavy atom. The topological polar surface area (TPSA) is 73.0 Å². The summed E-state index contributed by atoms with van der Waals surface area (Å²) in [6.07, 6.45) is 0.591. The second-order valence-electron chi connectivity index (χ2n) is 8.09. The van der Waals surface area contributed by atoms with Crippen LogP contribution in [0.2, 0.25) is 0 Å². The maximum atomic E-state index is 12.7. The van der Waals surface area contributed by atoms with Crippen molar-refractivity contribution in [3.05, 3.63) is 71.8 Å². The maximum Gasteiger partial charge on any atom is 0.325 e. The number of carbonyl (C=O) groups excluding carboxylic acids is 3. The molecule has 7 nitrogen and oxygen atoms in total. The molecule has 2 aromatic rings. The number of urea groups is 1. The third-order valence-corrected chi connectivity index (χ3v) is 5.91. The van der Waals surface area contributed by atoms with Gasteiger partial charge in [-0.2, -0.15) is 0 Å². The van der Waals surface area contributed by atoms with Gasteiger partial charge in [0.25, 0.3) is 5.91 Å². The number of carbonyl (C=O) groups is 3. The lowest BCUT2D eigenvalue weighted by atomic mass is 10.1. The van der Waals surface area contributed by atoms with Gasteiger partial charge in [0.2, 0.25) is 5.91 Å². The van der Waals surface area contributed by atoms with Crippen LogP contribution in [0.15, 0.2) is 60.7 Å². The van der Waals surface area contributed by atoms with E-state index < -0.39 is 6.04 Å². The van der Waals surface area contributed by atoms with Gasteiger partial charge in [0.05, 0.1) is 6.54 Å². The zero-order valence-electron chi connectivity index (χ0n) is 17.6. The van der Waals surface area contributed by atoms with Gasteiger partial charge in [-0.05, 0) is 17.5 Å². The summed E-state index contributed by atoms with van der Waals surface area (Å²) in [7, 11) is 0. The van der Waals surface area contributed by atoms with Crippen LogP contribution < -0.4 is 5.32 Å². The van der Waals surface area contributed by atoms with Crippen LogP contribution in [-0.2, 0) is 22.7 Å². The first-order valence-electron chi connectivity index (χ1n) is 10.8. The second-order valence-corrected chi connectivity index (χ2v) is 8.09. The van der Waals surface area contributed by atoms with Crippen molar-refractivity contribution >= 4 is 17.8 Å². The molecule has 0 radical (unpaired) electrons. The molecule has 0 bridgehead atoms. The third kappa shape index (κ3) is 5.30. The fourth-order valence-corrected chi connectivity index (χ4v) is 4.11. The summed E-state index contributed by atoms with van der Waals surface area (Å²) in [6, 6.07) is 18.7. The van der Waals surface area contributed by atoms with Gasteiger partial charge in [0.1, 0.15) is 6.04 Å². The Morgan fingerprint density at radius 1 is 0.839 bits per heavy atom. The number of nitrogens with one attached hydrogen (secondary N) is 1. The Bertz CT molecular complexity index is 911. The summed E-state index contributed by atoms with van der Waals surface area (Å²) in [4.78, 5) is 43.0. The van der Waals surface area contributed by atoms with Gasteiger partial charge in [0, 0.05) is 39.1 Å². The average molecular weight is 421 g/mol. The van der Waals surface area contributed by atoms with Crippen LogP contribution in [0.5, 0.6) is 0 Å². The van der Waals surface area contributed by atoms with Gasteiger partial charge < -0.3 is 10.2 Å². The fourth-order valence-electron chi connectivity index (χ4n) is 4.11. The van der Waals surface area contributed by atoms with E-state index in [0.717, 1.165) is 25.2 Å². The highest BCUT2D eigenvalue weighted by Crippen LogP contribution is 2.16. The van der Waals surface area contributed by atoms with E-state index in [0.29, 0.717) is 19.5 Å². The van der Waals surface area contributed by atoms with Crippen molar-refractivity contribution in [3.63, 3.8) is 0 Å². The van der Waals surface area contributed by atoms with E-state index in [9.17, 15) is 14.4 Å². The summed E-state index contributed by atoms with van der Waals surface area (Å²) in [5.74, 6) is -0.211. The maximum absolute atomic E-state index is 12.7. The van der Waals surface area contributed by atoms with Crippen molar-refractivity contribution in [1.29, 1.82) is 0 Å². The molecule has 2 aliphatic rings. The number of amides is 4. The van der Waals surface area contributed by atoms with Crippen molar-refractivity contribution in [1.82, 2.24) is 20.0 Å². The zero-order valence-corrected chi connectivity index (χ0v) is 17.6. The van der Waals surface area contributed by atoms with Gasteiger partial charge in [-0.1, -0.05) is 60.7 Å². The minimum atomic E-state index is -0.625. The molecule has 2 heterocycles. The first-order chi connectivity index (χ1) is 15.1. The molecule has 2 aliphatic heterocycles. The molecule has 7 heteroatoms. The number of imide groups is 1. The SMILES string of the molecule is O=C(CC[C@H]1NC(=O)N(Cc2ccccc2)C1=O)N1CCN(Cc2ccccc2)CC1. The molecular weight excluding hydrogens is 392 g/mol. The monoisotopic (exact) mass is 420 g/mol. The van der Waals surface area contributed by atoms with E-state index in [1.165, 1.54) is 10.5 Å². The quantitative estimate of drug-likeness (QED) is 0.698. The first kappa shape index (κ1) is 21.1. The molecule has 4 amide bonds. The minimum Gasteiger partial charge on any atom is -0.340 e. The van der Waals surface area contributed by atoms with Crippen LogP contribution in [0.1, 0.15) is 24.0 Å². The number of hydrogen-bond donors (Lipinski definition) is 1. The molecule has 1 atom stereocenters. The second kappa shape index (κ2) is 9.75. The summed E-state index contributed by atoms with van der Waals surface area (Å²) in [5, 5.41) is 2.73. The molecule has 4 rings (SSSR count). The molecule has 0 spiro atoms. The molecule has 0 unspecified atom stereocenters. The summed E-state index contributed by atoms with van der Waals surface area (Å²) < 4.78 is 0. The Hall–Kier alpha value is -3.19. The molecule has 1 N–H and O–H groups in total. The van der Waals surface area contributed by atoms with Crippen LogP contribution in [0, 0.1) is 0 Å². The van der Waals surface area contributed by atoms with E-state index in [1.807, 2.05) is 53.4 Å². The largest absolute Gasteiger partial charge is 0.340 e. The molecular formula is C24H28N4O3. The van der Waals surface area contributed by atoms with E-state index >= 15 is 0 Å². The van der Waals surface area contributed by atoms with Gasteiger partial charge in [-0.25, -0.2) is 4.79 Å². The molecule has 31 heavy (non-hydrogen) atoms. The van der Waals surface area contributed by atoms with Crippen molar-refractivity contribution in [2.45, 2.75) is 32.0 Å². The number of piperazine rings is 1. The van der Waals surface area contributed by atoms with Crippen molar-refractivity contribution in [2.75, 3.05) is 26.2 Å². The first-order valence-corrected chi connectivity index (χ1v) is 10.8. The molecule has 2 saturated heterocycles. The predicted molar refractivity (Wildman–Crippen MR) is 117 cm³/mol. The lowest BCUT2D eigenvalue weighted by Gasteiger charge is -2.35. The van der Waals surface area contributed by atoms with Gasteiger partial charge >= 0.3 is 6.03 Å². The summed E-state index contributed by atoms with van der Waals surface area (Å²) in [5.41, 5.74) is 2.17. The lowest BCUT2D eigenvalue weighted by Crippen LogP contribution is -2.48. The zero-order chi connectivity index (χ0) is 21.6. The highest BCUT2D eigenvalue weighted by atomic mass is 16.2. The standard InChI is InChI=1S/C24H28N4O3/c29-22(27-15-13-26(14-16-27)17-19-7-3-1-4-8-19)12-11-21-23(30)28(24(31)25-21)18-20-9-5-2-6-10-20/h1-10,21H,11-18H2,(H,25,31)/t21-/m1/s1.